The number of rotatable bonds is 7. The number of thioether (sulfide) groups is 1. The van der Waals surface area contributed by atoms with E-state index in [1.807, 2.05) is 42.7 Å². The molecule has 0 saturated carbocycles. The zero-order valence-corrected chi connectivity index (χ0v) is 17.0. The van der Waals surface area contributed by atoms with Crippen molar-refractivity contribution in [3.63, 3.8) is 0 Å². The second kappa shape index (κ2) is 9.21. The van der Waals surface area contributed by atoms with Crippen LogP contribution < -0.4 is 10.1 Å². The summed E-state index contributed by atoms with van der Waals surface area (Å²) >= 11 is 1.20. The fraction of sp³-hybridized carbons (Fsp3) is 0.250. The predicted octanol–water partition coefficient (Wildman–Crippen LogP) is 4.90. The van der Waals surface area contributed by atoms with Gasteiger partial charge in [-0.05, 0) is 32.0 Å². The van der Waals surface area contributed by atoms with Crippen LogP contribution in [0, 0.1) is 6.92 Å². The number of anilines is 1. The molecule has 0 aliphatic heterocycles. The number of amides is 1. The Balaban J connectivity index is 1.65. The molecule has 30 heavy (non-hydrogen) atoms. The van der Waals surface area contributed by atoms with Gasteiger partial charge in [-0.3, -0.25) is 4.79 Å². The highest BCUT2D eigenvalue weighted by Gasteiger charge is 2.31. The summed E-state index contributed by atoms with van der Waals surface area (Å²) in [5.41, 5.74) is 2.24. The summed E-state index contributed by atoms with van der Waals surface area (Å²) in [6, 6.07) is 13.0. The maximum Gasteiger partial charge on any atom is 0.573 e. The molecule has 0 atom stereocenters. The molecule has 0 unspecified atom stereocenters. The Hall–Kier alpha value is -3.01. The maximum absolute atomic E-state index is 12.3. The Kier molecular flexibility index (Phi) is 6.66. The van der Waals surface area contributed by atoms with Crippen molar-refractivity contribution in [2.45, 2.75) is 31.9 Å². The van der Waals surface area contributed by atoms with Gasteiger partial charge in [-0.25, -0.2) is 0 Å². The Morgan fingerprint density at radius 3 is 2.63 bits per heavy atom. The molecule has 0 fully saturated rings. The molecule has 0 aliphatic carbocycles. The SMILES string of the molecule is CCn1c(SCC(=O)Nc2cccc(OC(F)(F)F)c2)nnc1-c1cccc(C)c1. The van der Waals surface area contributed by atoms with E-state index in [9.17, 15) is 18.0 Å². The van der Waals surface area contributed by atoms with Crippen molar-refractivity contribution in [1.82, 2.24) is 14.8 Å². The summed E-state index contributed by atoms with van der Waals surface area (Å²) in [5.74, 6) is -0.0504. The molecule has 10 heteroatoms. The first kappa shape index (κ1) is 21.7. The van der Waals surface area contributed by atoms with Gasteiger partial charge < -0.3 is 14.6 Å². The second-order valence-electron chi connectivity index (χ2n) is 6.33. The minimum Gasteiger partial charge on any atom is -0.406 e. The van der Waals surface area contributed by atoms with Gasteiger partial charge in [0.05, 0.1) is 5.75 Å². The quantitative estimate of drug-likeness (QED) is 0.534. The molecular weight excluding hydrogens is 417 g/mol. The number of aromatic nitrogens is 3. The van der Waals surface area contributed by atoms with Crippen molar-refractivity contribution in [2.75, 3.05) is 11.1 Å². The Labute approximate surface area is 175 Å². The van der Waals surface area contributed by atoms with Crippen LogP contribution in [0.3, 0.4) is 0 Å². The topological polar surface area (TPSA) is 69.0 Å². The van der Waals surface area contributed by atoms with Gasteiger partial charge in [-0.2, -0.15) is 0 Å². The molecule has 0 spiro atoms. The smallest absolute Gasteiger partial charge is 0.406 e. The van der Waals surface area contributed by atoms with E-state index in [2.05, 4.69) is 20.3 Å². The van der Waals surface area contributed by atoms with Gasteiger partial charge in [0.25, 0.3) is 0 Å². The standard InChI is InChI=1S/C20H19F3N4O2S/c1-3-27-18(14-7-4-6-13(2)10-14)25-26-19(27)30-12-17(28)24-15-8-5-9-16(11-15)29-20(21,22)23/h4-11H,3,12H2,1-2H3,(H,24,28). The van der Waals surface area contributed by atoms with Crippen LogP contribution in [0.2, 0.25) is 0 Å². The summed E-state index contributed by atoms with van der Waals surface area (Å²) in [6.07, 6.45) is -4.79. The lowest BCUT2D eigenvalue weighted by Crippen LogP contribution is -2.18. The van der Waals surface area contributed by atoms with Crippen LogP contribution in [0.4, 0.5) is 18.9 Å². The lowest BCUT2D eigenvalue weighted by molar-refractivity contribution is -0.274. The molecule has 1 aromatic heterocycles. The fourth-order valence-corrected chi connectivity index (χ4v) is 3.58. The molecule has 2 aromatic carbocycles. The first-order valence-corrected chi connectivity index (χ1v) is 10.0. The van der Waals surface area contributed by atoms with Crippen LogP contribution in [0.25, 0.3) is 11.4 Å². The number of hydrogen-bond acceptors (Lipinski definition) is 5. The summed E-state index contributed by atoms with van der Waals surface area (Å²) in [6.45, 7) is 4.57. The summed E-state index contributed by atoms with van der Waals surface area (Å²) < 4.78 is 42.8. The van der Waals surface area contributed by atoms with Gasteiger partial charge in [0.1, 0.15) is 5.75 Å². The largest absolute Gasteiger partial charge is 0.573 e. The third kappa shape index (κ3) is 5.76. The van der Waals surface area contributed by atoms with E-state index in [1.54, 1.807) is 0 Å². The monoisotopic (exact) mass is 436 g/mol. The zero-order valence-electron chi connectivity index (χ0n) is 16.2. The highest BCUT2D eigenvalue weighted by Crippen LogP contribution is 2.26. The van der Waals surface area contributed by atoms with E-state index >= 15 is 0 Å². The average molecular weight is 436 g/mol. The van der Waals surface area contributed by atoms with Crippen LogP contribution in [-0.2, 0) is 11.3 Å². The molecule has 3 aromatic rings. The molecular formula is C20H19F3N4O2S. The molecule has 1 amide bonds. The van der Waals surface area contributed by atoms with E-state index < -0.39 is 12.1 Å². The molecule has 1 heterocycles. The molecule has 0 aliphatic rings. The second-order valence-corrected chi connectivity index (χ2v) is 7.27. The summed E-state index contributed by atoms with van der Waals surface area (Å²) in [7, 11) is 0. The summed E-state index contributed by atoms with van der Waals surface area (Å²) in [4.78, 5) is 12.3. The molecule has 158 valence electrons. The maximum atomic E-state index is 12.3. The van der Waals surface area contributed by atoms with Crippen molar-refractivity contribution in [2.24, 2.45) is 0 Å². The Morgan fingerprint density at radius 2 is 1.93 bits per heavy atom. The van der Waals surface area contributed by atoms with E-state index in [4.69, 9.17) is 0 Å². The van der Waals surface area contributed by atoms with Crippen LogP contribution in [0.15, 0.2) is 53.7 Å². The number of carbonyl (C=O) groups excluding carboxylic acids is 1. The van der Waals surface area contributed by atoms with E-state index in [-0.39, 0.29) is 17.3 Å². The molecule has 3 rings (SSSR count). The first-order valence-electron chi connectivity index (χ1n) is 9.04. The number of nitrogens with one attached hydrogen (secondary N) is 1. The number of aryl methyl sites for hydroxylation is 1. The lowest BCUT2D eigenvalue weighted by atomic mass is 10.1. The molecule has 6 nitrogen and oxygen atoms in total. The van der Waals surface area contributed by atoms with Gasteiger partial charge in [-0.1, -0.05) is 41.6 Å². The third-order valence-corrected chi connectivity index (χ3v) is 4.96. The van der Waals surface area contributed by atoms with Gasteiger partial charge in [0.15, 0.2) is 11.0 Å². The molecule has 0 saturated heterocycles. The average Bonchev–Trinajstić information content (AvgIpc) is 3.08. The Morgan fingerprint density at radius 1 is 1.17 bits per heavy atom. The highest BCUT2D eigenvalue weighted by molar-refractivity contribution is 7.99. The number of ether oxygens (including phenoxy) is 1. The first-order chi connectivity index (χ1) is 14.2. The molecule has 0 bridgehead atoms. The van der Waals surface area contributed by atoms with Gasteiger partial charge in [0, 0.05) is 23.9 Å². The van der Waals surface area contributed by atoms with Crippen molar-refractivity contribution < 1.29 is 22.7 Å². The number of carbonyl (C=O) groups is 1. The fourth-order valence-electron chi connectivity index (χ4n) is 2.78. The Bertz CT molecular complexity index is 1040. The van der Waals surface area contributed by atoms with Gasteiger partial charge in [0.2, 0.25) is 5.91 Å². The normalized spacial score (nSPS) is 11.4. The van der Waals surface area contributed by atoms with Gasteiger partial charge in [-0.15, -0.1) is 23.4 Å². The molecule has 1 N–H and O–H groups in total. The van der Waals surface area contributed by atoms with Crippen molar-refractivity contribution in [3.05, 3.63) is 54.1 Å². The van der Waals surface area contributed by atoms with E-state index in [0.717, 1.165) is 23.3 Å². The number of alkyl halides is 3. The third-order valence-electron chi connectivity index (χ3n) is 3.99. The van der Waals surface area contributed by atoms with Crippen LogP contribution in [0.1, 0.15) is 12.5 Å². The van der Waals surface area contributed by atoms with Crippen LogP contribution >= 0.6 is 11.8 Å². The lowest BCUT2D eigenvalue weighted by Gasteiger charge is -2.11. The van der Waals surface area contributed by atoms with Gasteiger partial charge >= 0.3 is 6.36 Å². The summed E-state index contributed by atoms with van der Waals surface area (Å²) in [5, 5.41) is 11.6. The highest BCUT2D eigenvalue weighted by atomic mass is 32.2. The van der Waals surface area contributed by atoms with Crippen molar-refractivity contribution >= 4 is 23.4 Å². The number of benzene rings is 2. The van der Waals surface area contributed by atoms with Crippen LogP contribution in [-0.4, -0.2) is 32.8 Å². The van der Waals surface area contributed by atoms with Crippen molar-refractivity contribution in [3.8, 4) is 17.1 Å². The van der Waals surface area contributed by atoms with E-state index in [0.29, 0.717) is 17.5 Å². The number of nitrogens with zero attached hydrogens (tertiary/aromatic N) is 3. The predicted molar refractivity (Wildman–Crippen MR) is 108 cm³/mol. The number of hydrogen-bond donors (Lipinski definition) is 1. The van der Waals surface area contributed by atoms with E-state index in [1.165, 1.54) is 23.9 Å². The molecule has 0 radical (unpaired) electrons. The minimum atomic E-state index is -4.79. The number of halogens is 3. The minimum absolute atomic E-state index is 0.0241. The van der Waals surface area contributed by atoms with Crippen LogP contribution in [0.5, 0.6) is 5.75 Å². The van der Waals surface area contributed by atoms with Crippen molar-refractivity contribution in [1.29, 1.82) is 0 Å². The zero-order chi connectivity index (χ0) is 21.7.